The Labute approximate surface area is 739 Å². The van der Waals surface area contributed by atoms with Crippen molar-refractivity contribution in [3.63, 3.8) is 0 Å². The van der Waals surface area contributed by atoms with Gasteiger partial charge in [0.2, 0.25) is 0 Å². The van der Waals surface area contributed by atoms with Crippen LogP contribution in [0.4, 0.5) is 96.1 Å². The van der Waals surface area contributed by atoms with Gasteiger partial charge in [-0.3, -0.25) is 56.0 Å². The third kappa shape index (κ3) is 20.1. The lowest BCUT2D eigenvalue weighted by Gasteiger charge is -2.59. The van der Waals surface area contributed by atoms with Crippen molar-refractivity contribution in [3.05, 3.63) is 246 Å². The number of phosphoric acid groups is 1. The lowest BCUT2D eigenvalue weighted by molar-refractivity contribution is -0.289. The number of carbonyl (C=O) groups excluding carboxylic acids is 3. The highest BCUT2D eigenvalue weighted by molar-refractivity contribution is 7.48. The van der Waals surface area contributed by atoms with Crippen molar-refractivity contribution in [3.8, 4) is 51.7 Å². The summed E-state index contributed by atoms with van der Waals surface area (Å²) < 4.78 is 336. The summed E-state index contributed by atoms with van der Waals surface area (Å²) in [6.07, 6.45) is -15.5. The van der Waals surface area contributed by atoms with E-state index in [1.807, 2.05) is 0 Å². The number of rotatable bonds is 27. The Balaban J connectivity index is 1.27. The van der Waals surface area contributed by atoms with Crippen LogP contribution in [-0.2, 0) is 53.1 Å². The Bertz CT molecular complexity index is 5470. The fourth-order valence-electron chi connectivity index (χ4n) is 16.1. The fourth-order valence-corrected chi connectivity index (χ4v) is 19.1. The van der Waals surface area contributed by atoms with Crippen LogP contribution in [0.5, 0.6) is 51.7 Å². The highest BCUT2D eigenvalue weighted by atomic mass is 31.2. The standard InChI is InChI=1S/C90H93F18N6O16P/c1-76(2,3)85(77(4,5)6,112-37-34-55(46-70(112)115)109-73(118)58-28-22-49(82(94,95)88(100,101)102)40-64(58)125-61-31-25-52(91)43-67(61)122-19)128-131(121,129-86(78(7,8)9,79(10,11)12)113-38-35-56(47-71(113)116)110-74(119)59-29-23-50(83(96,97)89(103,104)105)41-65(59)126-62-32-26-53(92)44-68(62)123-20)130-87(80(13,14)15,81(16,17)18)114-39-36-57(48-72(114)117)111-75(120)60-30-24-51(84(98,99)90(106,107)108)42-66(60)127-63-33-27-54(93)45-69(63)124-21/h22-48H,1-21H3,(H,109,118)(H,110,119)(H,111,120). The molecule has 9 aromatic rings. The van der Waals surface area contributed by atoms with Crippen LogP contribution < -0.4 is 61.0 Å². The first-order valence-corrected chi connectivity index (χ1v) is 40.9. The molecule has 710 valence electrons. The molecule has 0 bridgehead atoms. The van der Waals surface area contributed by atoms with E-state index in [9.17, 15) is 67.1 Å². The number of pyridine rings is 3. The molecule has 0 atom stereocenters. The molecule has 0 aliphatic heterocycles. The minimum atomic E-state index is -6.34. The second-order valence-corrected chi connectivity index (χ2v) is 37.9. The Morgan fingerprint density at radius 1 is 0.290 bits per heavy atom. The number of benzene rings is 6. The lowest BCUT2D eigenvalue weighted by Crippen LogP contribution is -2.63. The van der Waals surface area contributed by atoms with E-state index in [2.05, 4.69) is 16.0 Å². The Morgan fingerprint density at radius 3 is 0.687 bits per heavy atom. The third-order valence-corrected chi connectivity index (χ3v) is 22.7. The van der Waals surface area contributed by atoms with Crippen molar-refractivity contribution < 1.29 is 140 Å². The summed E-state index contributed by atoms with van der Waals surface area (Å²) in [5.41, 5.74) is -30.6. The van der Waals surface area contributed by atoms with Crippen molar-refractivity contribution in [2.75, 3.05) is 37.3 Å². The number of methoxy groups -OCH3 is 3. The predicted octanol–water partition coefficient (Wildman–Crippen LogP) is 24.5. The molecule has 9 rings (SSSR count). The van der Waals surface area contributed by atoms with E-state index in [4.69, 9.17) is 42.0 Å². The number of alkyl halides is 15. The van der Waals surface area contributed by atoms with E-state index < -0.39 is 248 Å². The van der Waals surface area contributed by atoms with Crippen LogP contribution in [0.1, 0.15) is 172 Å². The topological polar surface area (TPSA) is 253 Å². The van der Waals surface area contributed by atoms with Gasteiger partial charge in [-0.25, -0.2) is 17.7 Å². The summed E-state index contributed by atoms with van der Waals surface area (Å²) in [5.74, 6) is -29.2. The molecule has 0 saturated heterocycles. The zero-order chi connectivity index (χ0) is 98.9. The Morgan fingerprint density at radius 2 is 0.504 bits per heavy atom. The van der Waals surface area contributed by atoms with Gasteiger partial charge in [-0.05, 0) is 91.0 Å². The van der Waals surface area contributed by atoms with Gasteiger partial charge < -0.3 is 44.4 Å². The van der Waals surface area contributed by atoms with E-state index >= 15 is 45.3 Å². The Hall–Kier alpha value is -11.8. The Kier molecular flexibility index (Phi) is 28.1. The average Bonchev–Trinajstić information content (AvgIpc) is 0.688. The highest BCUT2D eigenvalue weighted by Crippen LogP contribution is 2.72. The minimum Gasteiger partial charge on any atom is -0.493 e. The van der Waals surface area contributed by atoms with Crippen molar-refractivity contribution in [2.24, 2.45) is 32.5 Å². The largest absolute Gasteiger partial charge is 0.493 e. The molecule has 131 heavy (non-hydrogen) atoms. The molecular weight excluding hydrogens is 1790 g/mol. The second-order valence-electron chi connectivity index (χ2n) is 36.4. The normalized spacial score (nSPS) is 13.5. The van der Waals surface area contributed by atoms with Gasteiger partial charge in [0.15, 0.2) is 51.7 Å². The van der Waals surface area contributed by atoms with Gasteiger partial charge in [0, 0.05) is 121 Å². The second kappa shape index (κ2) is 35.7. The molecule has 3 aromatic heterocycles. The van der Waals surface area contributed by atoms with E-state index in [-0.39, 0.29) is 36.4 Å². The molecule has 0 radical (unpaired) electrons. The molecule has 41 heteroatoms. The molecule has 3 N–H and O–H groups in total. The number of aromatic nitrogens is 3. The van der Waals surface area contributed by atoms with Crippen molar-refractivity contribution in [1.82, 2.24) is 13.7 Å². The van der Waals surface area contributed by atoms with Crippen LogP contribution in [0.3, 0.4) is 0 Å². The van der Waals surface area contributed by atoms with Crippen LogP contribution in [0.15, 0.2) is 179 Å². The maximum Gasteiger partial charge on any atom is 0.481 e. The van der Waals surface area contributed by atoms with Crippen LogP contribution in [0, 0.1) is 49.9 Å². The molecule has 3 amide bonds. The minimum absolute atomic E-state index is 0.194. The number of anilines is 3. The molecule has 22 nitrogen and oxygen atoms in total. The molecule has 3 heterocycles. The first-order chi connectivity index (χ1) is 59.7. The first-order valence-electron chi connectivity index (χ1n) is 39.4. The maximum absolute atomic E-state index is 18.6. The summed E-state index contributed by atoms with van der Waals surface area (Å²) >= 11 is 0. The van der Waals surface area contributed by atoms with Crippen LogP contribution >= 0.6 is 7.82 Å². The molecular formula is C90H93F18N6O16P. The van der Waals surface area contributed by atoms with Crippen LogP contribution in [-0.4, -0.2) is 71.3 Å². The number of phosphoric ester groups is 1. The van der Waals surface area contributed by atoms with Gasteiger partial charge in [-0.15, -0.1) is 0 Å². The molecule has 0 unspecified atom stereocenters. The van der Waals surface area contributed by atoms with E-state index in [0.29, 0.717) is 18.2 Å². The van der Waals surface area contributed by atoms with E-state index in [0.717, 1.165) is 145 Å². The number of ether oxygens (including phenoxy) is 6. The SMILES string of the molecule is COc1cc(F)ccc1Oc1cc(C(F)(F)C(F)(F)F)ccc1C(=O)Nc1ccn(C(OP(=O)(OC(n2ccc(NC(=O)c3ccc(C(F)(F)C(F)(F)F)cc3Oc3ccc(F)cc3OC)cc2=O)(C(C)(C)C)C(C)(C)C)OC(n2ccc(NC(=O)c3ccc(C(F)(F)C(F)(F)F)cc3Oc3ccc(F)cc3OC)cc2=O)(C(C)(C)C)C(C)(C)C)(C(C)(C)C)C(C)(C)C)c(=O)c1. The number of hydrogen-bond donors (Lipinski definition) is 3. The molecule has 6 aromatic carbocycles. The average molecular weight is 1890 g/mol. The maximum atomic E-state index is 18.6. The zero-order valence-corrected chi connectivity index (χ0v) is 75.1. The molecule has 0 aliphatic carbocycles. The summed E-state index contributed by atoms with van der Waals surface area (Å²) in [6.45, 7) is 26.9. The quantitative estimate of drug-likeness (QED) is 0.0319. The number of halogens is 18. The predicted molar refractivity (Wildman–Crippen MR) is 446 cm³/mol. The summed E-state index contributed by atoms with van der Waals surface area (Å²) in [5, 5.41) is 7.15. The van der Waals surface area contributed by atoms with Gasteiger partial charge in [0.05, 0.1) is 38.0 Å². The summed E-state index contributed by atoms with van der Waals surface area (Å²) in [6, 6.07) is 16.0. The van der Waals surface area contributed by atoms with Gasteiger partial charge in [0.1, 0.15) is 34.7 Å². The van der Waals surface area contributed by atoms with E-state index in [1.165, 1.54) is 125 Å². The molecule has 0 fully saturated rings. The number of carbonyl (C=O) groups is 3. The molecule has 0 aliphatic rings. The van der Waals surface area contributed by atoms with E-state index in [1.54, 1.807) is 0 Å². The highest BCUT2D eigenvalue weighted by Gasteiger charge is 2.69. The molecule has 0 spiro atoms. The smallest absolute Gasteiger partial charge is 0.481 e. The van der Waals surface area contributed by atoms with Crippen molar-refractivity contribution in [1.29, 1.82) is 0 Å². The van der Waals surface area contributed by atoms with Gasteiger partial charge in [-0.2, -0.15) is 65.9 Å². The van der Waals surface area contributed by atoms with Crippen molar-refractivity contribution >= 4 is 42.6 Å². The van der Waals surface area contributed by atoms with Gasteiger partial charge in [0.25, 0.3) is 34.4 Å². The van der Waals surface area contributed by atoms with Crippen LogP contribution in [0.2, 0.25) is 0 Å². The number of nitrogens with one attached hydrogen (secondary N) is 3. The van der Waals surface area contributed by atoms with Crippen molar-refractivity contribution in [2.45, 2.75) is 178 Å². The monoisotopic (exact) mass is 1890 g/mol. The van der Waals surface area contributed by atoms with Crippen LogP contribution in [0.25, 0.3) is 0 Å². The fraction of sp³-hybridized carbons (Fsp3) is 0.400. The lowest BCUT2D eigenvalue weighted by atomic mass is 9.68. The zero-order valence-electron chi connectivity index (χ0n) is 74.2. The third-order valence-electron chi connectivity index (χ3n) is 21.3. The molecule has 0 saturated carbocycles. The van der Waals surface area contributed by atoms with Gasteiger partial charge >= 0.3 is 44.1 Å². The van der Waals surface area contributed by atoms with Gasteiger partial charge in [-0.1, -0.05) is 143 Å². The number of amides is 3. The summed E-state index contributed by atoms with van der Waals surface area (Å²) in [7, 11) is -3.24. The summed E-state index contributed by atoms with van der Waals surface area (Å²) in [4.78, 5) is 91.2. The number of nitrogens with zero attached hydrogens (tertiary/aromatic N) is 3. The number of hydrogen-bond acceptors (Lipinski definition) is 16. The first kappa shape index (κ1) is 103.